The number of fused-ring (bicyclic) bond motifs is 1. The molecule has 0 unspecified atom stereocenters. The Morgan fingerprint density at radius 1 is 0.767 bits per heavy atom. The molecule has 1 saturated carbocycles. The highest BCUT2D eigenvalue weighted by Crippen LogP contribution is 2.35. The highest BCUT2D eigenvalue weighted by Gasteiger charge is 2.54. The van der Waals surface area contributed by atoms with E-state index in [9.17, 15) is 30.6 Å². The molecule has 3 saturated heterocycles. The molecule has 0 spiro atoms. The average molecular weight is 656 g/mol. The maximum absolute atomic E-state index is 11.1. The Bertz CT molecular complexity index is 962. The van der Waals surface area contributed by atoms with E-state index in [1.165, 1.54) is 0 Å². The second-order valence-corrected chi connectivity index (χ2v) is 11.6. The van der Waals surface area contributed by atoms with Crippen molar-refractivity contribution in [3.63, 3.8) is 0 Å². The first-order valence-electron chi connectivity index (χ1n) is 13.2. The highest BCUT2D eigenvalue weighted by molar-refractivity contribution is 7.79. The van der Waals surface area contributed by atoms with E-state index in [1.54, 1.807) is 7.05 Å². The fraction of sp³-hybridized carbons (Fsp3) is 1.00. The molecule has 1 aliphatic carbocycles. The molecule has 256 valence electrons. The Morgan fingerprint density at radius 3 is 1.93 bits per heavy atom. The van der Waals surface area contributed by atoms with Gasteiger partial charge in [-0.15, -0.1) is 0 Å². The van der Waals surface area contributed by atoms with Crippen LogP contribution in [0.15, 0.2) is 0 Å². The second-order valence-electron chi connectivity index (χ2n) is 10.7. The van der Waals surface area contributed by atoms with Crippen LogP contribution in [-0.2, 0) is 34.1 Å². The lowest BCUT2D eigenvalue weighted by molar-refractivity contribution is -0.373. The van der Waals surface area contributed by atoms with Crippen molar-refractivity contribution in [3.8, 4) is 0 Å². The van der Waals surface area contributed by atoms with Gasteiger partial charge in [0.2, 0.25) is 0 Å². The first kappa shape index (κ1) is 38.4. The smallest absolute Gasteiger partial charge is 0.394 e. The van der Waals surface area contributed by atoms with Crippen LogP contribution in [0.4, 0.5) is 0 Å². The van der Waals surface area contributed by atoms with Crippen LogP contribution < -0.4 is 28.3 Å². The van der Waals surface area contributed by atoms with Crippen LogP contribution in [0, 0.1) is 0 Å². The number of ether oxygens (including phenoxy) is 5. The van der Waals surface area contributed by atoms with E-state index in [4.69, 9.17) is 64.1 Å². The number of aliphatic hydroxyl groups excluding tert-OH is 6. The molecule has 4 aliphatic rings. The number of nitrogens with one attached hydrogen (secondary N) is 1. The maximum Gasteiger partial charge on any atom is 0.394 e. The van der Waals surface area contributed by atoms with Crippen LogP contribution in [0.25, 0.3) is 0 Å². The van der Waals surface area contributed by atoms with Gasteiger partial charge in [-0.1, -0.05) is 0 Å². The lowest BCUT2D eigenvalue weighted by Crippen LogP contribution is -2.70. The van der Waals surface area contributed by atoms with Gasteiger partial charge in [-0.3, -0.25) is 9.11 Å². The number of hydrogen-bond acceptors (Lipinski definition) is 18. The SMILES string of the molecule is CN[C@@H]1[C@@H](O[C@H]2O[C@H](CO)[C@@H](N)[C@H](O)[C@H]2O)O[C@H]2C[C@@H](N)[C@@H](O[C@H]3[C@H](O)[C@@H](O)[C@H](N)C[C@@H]3N)O[C@@H]2[C@@H]1O.O.O=S(=O)(O)O. The van der Waals surface area contributed by atoms with E-state index < -0.39 is 121 Å². The molecule has 3 aliphatic heterocycles. The molecule has 22 heteroatoms. The zero-order valence-electron chi connectivity index (χ0n) is 23.1. The topological polar surface area (TPSA) is 390 Å². The predicted octanol–water partition coefficient (Wildman–Crippen LogP) is -8.43. The van der Waals surface area contributed by atoms with Crippen molar-refractivity contribution < 1.29 is 77.3 Å². The molecule has 0 aromatic carbocycles. The van der Waals surface area contributed by atoms with Gasteiger partial charge in [-0.25, -0.2) is 0 Å². The highest BCUT2D eigenvalue weighted by atomic mass is 32.3. The van der Waals surface area contributed by atoms with Gasteiger partial charge in [0.25, 0.3) is 0 Å². The van der Waals surface area contributed by atoms with Gasteiger partial charge < -0.3 is 88.1 Å². The Balaban J connectivity index is 0.000000993. The largest absolute Gasteiger partial charge is 0.412 e. The number of aliphatic hydroxyl groups is 6. The maximum atomic E-state index is 11.1. The standard InChI is InChI=1S/C21H41N5O11.H2O4S.H2O/c1-26-11-14(30)18-8(33-20(11)37-21-16(32)13(29)10(25)9(4-27)34-21)3-7(24)19(36-18)35-17-6(23)2-5(22)12(28)15(17)31;1-5(2,3)4;/h5-21,26-32H,2-4,22-25H2,1H3;(H2,1,2,3,4);1H2/t5-,6+,7-,8+,9-,10-,11+,12+,13+,14-,15-,16-,17-,18+,19+,20-,21-;;/m1../s1. The molecular weight excluding hydrogens is 610 g/mol. The van der Waals surface area contributed by atoms with E-state index >= 15 is 0 Å². The Kier molecular flexibility index (Phi) is 14.0. The van der Waals surface area contributed by atoms with Gasteiger partial charge in [0, 0.05) is 12.1 Å². The van der Waals surface area contributed by atoms with Crippen LogP contribution in [0.2, 0.25) is 0 Å². The van der Waals surface area contributed by atoms with Gasteiger partial charge in [0.15, 0.2) is 18.9 Å². The third kappa shape index (κ3) is 9.14. The van der Waals surface area contributed by atoms with Crippen molar-refractivity contribution in [2.75, 3.05) is 13.7 Å². The zero-order valence-corrected chi connectivity index (χ0v) is 23.9. The molecule has 21 nitrogen and oxygen atoms in total. The van der Waals surface area contributed by atoms with Crippen LogP contribution >= 0.6 is 0 Å². The fourth-order valence-electron chi connectivity index (χ4n) is 5.46. The normalized spacial score (nSPS) is 48.7. The lowest BCUT2D eigenvalue weighted by Gasteiger charge is -2.51. The Morgan fingerprint density at radius 2 is 1.37 bits per heavy atom. The summed E-state index contributed by atoms with van der Waals surface area (Å²) in [6.45, 7) is -0.508. The second kappa shape index (κ2) is 15.7. The van der Waals surface area contributed by atoms with E-state index in [-0.39, 0.29) is 18.3 Å². The van der Waals surface area contributed by atoms with Crippen molar-refractivity contribution in [2.24, 2.45) is 22.9 Å². The number of nitrogens with two attached hydrogens (primary N) is 4. The van der Waals surface area contributed by atoms with Crippen LogP contribution in [0.5, 0.6) is 0 Å². The summed E-state index contributed by atoms with van der Waals surface area (Å²) < 4.78 is 60.8. The molecular formula is C21H45N5O16S. The number of rotatable bonds is 6. The third-order valence-electron chi connectivity index (χ3n) is 7.74. The zero-order chi connectivity index (χ0) is 31.7. The van der Waals surface area contributed by atoms with Gasteiger partial charge in [0.1, 0.15) is 42.7 Å². The van der Waals surface area contributed by atoms with Crippen LogP contribution in [-0.4, -0.2) is 171 Å². The first-order chi connectivity index (χ1) is 19.5. The van der Waals surface area contributed by atoms with Gasteiger partial charge in [0.05, 0.1) is 36.9 Å². The molecule has 4 rings (SSSR count). The molecule has 0 radical (unpaired) electrons. The minimum atomic E-state index is -4.67. The van der Waals surface area contributed by atoms with E-state index in [0.29, 0.717) is 0 Å². The summed E-state index contributed by atoms with van der Waals surface area (Å²) in [4.78, 5) is 0. The summed E-state index contributed by atoms with van der Waals surface area (Å²) in [5.41, 5.74) is 24.0. The molecule has 0 aromatic heterocycles. The van der Waals surface area contributed by atoms with Crippen LogP contribution in [0.3, 0.4) is 0 Å². The Hall–Kier alpha value is -0.810. The van der Waals surface area contributed by atoms with Gasteiger partial charge in [-0.2, -0.15) is 8.42 Å². The van der Waals surface area contributed by atoms with Crippen molar-refractivity contribution in [1.29, 1.82) is 0 Å². The van der Waals surface area contributed by atoms with Crippen molar-refractivity contribution in [3.05, 3.63) is 0 Å². The summed E-state index contributed by atoms with van der Waals surface area (Å²) in [6.07, 6.45) is -13.7. The molecule has 0 aromatic rings. The first-order valence-corrected chi connectivity index (χ1v) is 14.6. The van der Waals surface area contributed by atoms with Crippen molar-refractivity contribution in [2.45, 2.75) is 117 Å². The minimum Gasteiger partial charge on any atom is -0.412 e. The quantitative estimate of drug-likeness (QED) is 0.118. The minimum absolute atomic E-state index is 0. The summed E-state index contributed by atoms with van der Waals surface area (Å²) in [6, 6.07) is -4.05. The molecule has 0 amide bonds. The average Bonchev–Trinajstić information content (AvgIpc) is 2.90. The summed E-state index contributed by atoms with van der Waals surface area (Å²) in [7, 11) is -3.11. The van der Waals surface area contributed by atoms with Crippen LogP contribution in [0.1, 0.15) is 12.8 Å². The molecule has 0 bridgehead atoms. The Labute approximate surface area is 246 Å². The van der Waals surface area contributed by atoms with Gasteiger partial charge in [-0.05, 0) is 19.9 Å². The molecule has 43 heavy (non-hydrogen) atoms. The van der Waals surface area contributed by atoms with Crippen molar-refractivity contribution in [1.82, 2.24) is 5.32 Å². The third-order valence-corrected chi connectivity index (χ3v) is 7.74. The molecule has 3 heterocycles. The van der Waals surface area contributed by atoms with Crippen molar-refractivity contribution >= 4 is 10.4 Å². The number of hydrogen-bond donors (Lipinski definition) is 13. The molecule has 17 atom stereocenters. The lowest BCUT2D eigenvalue weighted by atomic mass is 9.84. The molecule has 19 N–H and O–H groups in total. The van der Waals surface area contributed by atoms with Gasteiger partial charge >= 0.3 is 10.4 Å². The molecule has 4 fully saturated rings. The summed E-state index contributed by atoms with van der Waals surface area (Å²) in [5, 5.41) is 64.7. The summed E-state index contributed by atoms with van der Waals surface area (Å²) in [5.74, 6) is 0. The fourth-order valence-corrected chi connectivity index (χ4v) is 5.46. The monoisotopic (exact) mass is 655 g/mol. The summed E-state index contributed by atoms with van der Waals surface area (Å²) >= 11 is 0. The van der Waals surface area contributed by atoms with E-state index in [1.807, 2.05) is 0 Å². The predicted molar refractivity (Wildman–Crippen MR) is 141 cm³/mol. The number of likely N-dealkylation sites (N-methyl/N-ethyl adjacent to an activating group) is 1. The van der Waals surface area contributed by atoms with E-state index in [0.717, 1.165) is 0 Å². The van der Waals surface area contributed by atoms with E-state index in [2.05, 4.69) is 5.32 Å².